The van der Waals surface area contributed by atoms with Crippen molar-refractivity contribution in [3.8, 4) is 0 Å². The van der Waals surface area contributed by atoms with Crippen LogP contribution in [0.4, 0.5) is 0 Å². The van der Waals surface area contributed by atoms with Crippen molar-refractivity contribution in [1.29, 1.82) is 0 Å². The standard InChI is InChI=1S/C11H12Br2N2O6/c12-1-5(13)4-2-15(11(20)14-9(4)19)10-8(18)7(17)6(3-16)21-10/h1-2,6-8,10,16-18H,3H2,(H,14,19,20)/t6-,7-,8-,10-/m1/s1. The van der Waals surface area contributed by atoms with Crippen LogP contribution in [0, 0.1) is 0 Å². The number of nitrogens with zero attached hydrogens (tertiary/aromatic N) is 1. The highest BCUT2D eigenvalue weighted by molar-refractivity contribution is 9.16. The van der Waals surface area contributed by atoms with Crippen molar-refractivity contribution in [1.82, 2.24) is 9.55 Å². The first-order valence-corrected chi connectivity index (χ1v) is 7.55. The molecule has 0 aromatic carbocycles. The quantitative estimate of drug-likeness (QED) is 0.502. The monoisotopic (exact) mass is 426 g/mol. The van der Waals surface area contributed by atoms with E-state index < -0.39 is 42.4 Å². The first kappa shape index (κ1) is 16.6. The molecular weight excluding hydrogens is 416 g/mol. The van der Waals surface area contributed by atoms with E-state index in [0.29, 0.717) is 4.48 Å². The van der Waals surface area contributed by atoms with Crippen molar-refractivity contribution < 1.29 is 20.1 Å². The van der Waals surface area contributed by atoms with E-state index in [1.165, 1.54) is 11.2 Å². The summed E-state index contributed by atoms with van der Waals surface area (Å²) in [7, 11) is 0. The van der Waals surface area contributed by atoms with E-state index >= 15 is 0 Å². The van der Waals surface area contributed by atoms with Gasteiger partial charge < -0.3 is 20.1 Å². The predicted molar refractivity (Wildman–Crippen MR) is 80.2 cm³/mol. The lowest BCUT2D eigenvalue weighted by Crippen LogP contribution is -2.38. The molecular formula is C11H12Br2N2O6. The van der Waals surface area contributed by atoms with Crippen LogP contribution in [-0.4, -0.2) is 49.8 Å². The Hall–Kier alpha value is -0.780. The van der Waals surface area contributed by atoms with Gasteiger partial charge in [-0.05, 0) is 20.9 Å². The molecule has 2 rings (SSSR count). The van der Waals surface area contributed by atoms with Crippen molar-refractivity contribution in [2.75, 3.05) is 6.61 Å². The second kappa shape index (κ2) is 6.55. The average molecular weight is 428 g/mol. The van der Waals surface area contributed by atoms with Crippen LogP contribution in [0.5, 0.6) is 0 Å². The Balaban J connectivity index is 2.50. The molecule has 0 saturated carbocycles. The van der Waals surface area contributed by atoms with E-state index in [0.717, 1.165) is 4.57 Å². The highest BCUT2D eigenvalue weighted by atomic mass is 79.9. The number of halogens is 2. The molecule has 8 nitrogen and oxygen atoms in total. The Kier molecular flexibility index (Phi) is 5.17. The second-order valence-electron chi connectivity index (χ2n) is 4.40. The van der Waals surface area contributed by atoms with Gasteiger partial charge >= 0.3 is 5.69 Å². The third kappa shape index (κ3) is 3.05. The normalized spacial score (nSPS) is 29.9. The van der Waals surface area contributed by atoms with Crippen LogP contribution in [0.1, 0.15) is 11.8 Å². The zero-order chi connectivity index (χ0) is 15.7. The van der Waals surface area contributed by atoms with Crippen LogP contribution >= 0.6 is 31.9 Å². The topological polar surface area (TPSA) is 125 Å². The van der Waals surface area contributed by atoms with Gasteiger partial charge in [0.05, 0.1) is 12.2 Å². The maximum absolute atomic E-state index is 11.9. The van der Waals surface area contributed by atoms with Gasteiger partial charge in [0.1, 0.15) is 18.3 Å². The SMILES string of the molecule is O=c1[nH]c(=O)n([C@@H]2O[C@H](CO)[C@@H](O)[C@H]2O)cc1C(Br)=CBr. The first-order valence-electron chi connectivity index (χ1n) is 5.85. The highest BCUT2D eigenvalue weighted by Crippen LogP contribution is 2.28. The Labute approximate surface area is 134 Å². The molecule has 116 valence electrons. The van der Waals surface area contributed by atoms with E-state index in [2.05, 4.69) is 36.8 Å². The number of aliphatic hydroxyl groups excluding tert-OH is 3. The lowest BCUT2D eigenvalue weighted by Gasteiger charge is -2.17. The Morgan fingerprint density at radius 1 is 1.43 bits per heavy atom. The fourth-order valence-corrected chi connectivity index (χ4v) is 2.54. The van der Waals surface area contributed by atoms with Gasteiger partial charge in [0.15, 0.2) is 6.23 Å². The van der Waals surface area contributed by atoms with Crippen molar-refractivity contribution in [3.05, 3.63) is 37.6 Å². The molecule has 0 unspecified atom stereocenters. The van der Waals surface area contributed by atoms with Gasteiger partial charge in [-0.1, -0.05) is 15.9 Å². The molecule has 1 aliphatic heterocycles. The maximum Gasteiger partial charge on any atom is 0.330 e. The number of H-pyrrole nitrogens is 1. The third-order valence-corrected chi connectivity index (χ3v) is 4.84. The highest BCUT2D eigenvalue weighted by Gasteiger charge is 2.43. The number of aliphatic hydroxyl groups is 3. The molecule has 0 spiro atoms. The summed E-state index contributed by atoms with van der Waals surface area (Å²) >= 11 is 6.19. The summed E-state index contributed by atoms with van der Waals surface area (Å²) in [5.41, 5.74) is -1.29. The second-order valence-corrected chi connectivity index (χ2v) is 5.71. The molecule has 0 aliphatic carbocycles. The fraction of sp³-hybridized carbons (Fsp3) is 0.455. The lowest BCUT2D eigenvalue weighted by atomic mass is 10.1. The zero-order valence-corrected chi connectivity index (χ0v) is 13.6. The van der Waals surface area contributed by atoms with E-state index in [-0.39, 0.29) is 5.56 Å². The molecule has 1 aromatic rings. The van der Waals surface area contributed by atoms with E-state index in [1.807, 2.05) is 0 Å². The fourth-order valence-electron chi connectivity index (χ4n) is 2.01. The van der Waals surface area contributed by atoms with Gasteiger partial charge in [0.25, 0.3) is 5.56 Å². The number of aromatic amines is 1. The number of nitrogens with one attached hydrogen (secondary N) is 1. The van der Waals surface area contributed by atoms with Gasteiger partial charge in [-0.2, -0.15) is 0 Å². The van der Waals surface area contributed by atoms with E-state index in [1.54, 1.807) is 0 Å². The molecule has 2 heterocycles. The summed E-state index contributed by atoms with van der Waals surface area (Å²) in [6.07, 6.45) is -3.77. The van der Waals surface area contributed by atoms with Crippen molar-refractivity contribution >= 4 is 36.3 Å². The molecule has 4 atom stereocenters. The predicted octanol–water partition coefficient (Wildman–Crippen LogP) is -0.764. The molecule has 4 N–H and O–H groups in total. The van der Waals surface area contributed by atoms with E-state index in [4.69, 9.17) is 9.84 Å². The number of aromatic nitrogens is 2. The van der Waals surface area contributed by atoms with Crippen molar-refractivity contribution in [3.63, 3.8) is 0 Å². The number of ether oxygens (including phenoxy) is 1. The smallest absolute Gasteiger partial charge is 0.330 e. The molecule has 1 aromatic heterocycles. The first-order chi connectivity index (χ1) is 9.90. The molecule has 0 radical (unpaired) electrons. The Bertz CT molecular complexity index is 669. The summed E-state index contributed by atoms with van der Waals surface area (Å²) < 4.78 is 6.59. The number of hydrogen-bond donors (Lipinski definition) is 4. The van der Waals surface area contributed by atoms with Crippen LogP contribution in [0.3, 0.4) is 0 Å². The van der Waals surface area contributed by atoms with Crippen molar-refractivity contribution in [2.24, 2.45) is 0 Å². The molecule has 1 fully saturated rings. The molecule has 1 aliphatic rings. The minimum atomic E-state index is -1.41. The molecule has 0 amide bonds. The van der Waals surface area contributed by atoms with Crippen LogP contribution in [0.25, 0.3) is 4.48 Å². The summed E-state index contributed by atoms with van der Waals surface area (Å²) in [6.45, 7) is -0.509. The maximum atomic E-state index is 11.9. The summed E-state index contributed by atoms with van der Waals surface area (Å²) in [5.74, 6) is 0. The Morgan fingerprint density at radius 3 is 2.62 bits per heavy atom. The molecule has 10 heteroatoms. The van der Waals surface area contributed by atoms with Crippen LogP contribution < -0.4 is 11.2 Å². The summed E-state index contributed by atoms with van der Waals surface area (Å²) in [5, 5.41) is 28.7. The van der Waals surface area contributed by atoms with Gasteiger partial charge in [-0.15, -0.1) is 0 Å². The number of rotatable bonds is 3. The average Bonchev–Trinajstić information content (AvgIpc) is 2.74. The summed E-state index contributed by atoms with van der Waals surface area (Å²) in [4.78, 5) is 27.1. The Morgan fingerprint density at radius 2 is 2.10 bits per heavy atom. The third-order valence-electron chi connectivity index (χ3n) is 3.11. The minimum Gasteiger partial charge on any atom is -0.394 e. The lowest BCUT2D eigenvalue weighted by molar-refractivity contribution is -0.0550. The van der Waals surface area contributed by atoms with E-state index in [9.17, 15) is 19.8 Å². The number of hydrogen-bond acceptors (Lipinski definition) is 6. The molecule has 1 saturated heterocycles. The van der Waals surface area contributed by atoms with Crippen LogP contribution in [0.2, 0.25) is 0 Å². The van der Waals surface area contributed by atoms with Crippen molar-refractivity contribution in [2.45, 2.75) is 24.5 Å². The van der Waals surface area contributed by atoms with Crippen LogP contribution in [-0.2, 0) is 4.74 Å². The van der Waals surface area contributed by atoms with Gasteiger partial charge in [0, 0.05) is 10.7 Å². The molecule has 0 bridgehead atoms. The van der Waals surface area contributed by atoms with Gasteiger partial charge in [-0.25, -0.2) is 4.79 Å². The molecule has 21 heavy (non-hydrogen) atoms. The minimum absolute atomic E-state index is 0.129. The van der Waals surface area contributed by atoms with Gasteiger partial charge in [0.2, 0.25) is 0 Å². The largest absolute Gasteiger partial charge is 0.394 e. The zero-order valence-electron chi connectivity index (χ0n) is 10.4. The summed E-state index contributed by atoms with van der Waals surface area (Å²) in [6, 6.07) is 0. The van der Waals surface area contributed by atoms with Gasteiger partial charge in [-0.3, -0.25) is 14.3 Å². The van der Waals surface area contributed by atoms with Crippen LogP contribution in [0.15, 0.2) is 20.8 Å².